The third-order valence-electron chi connectivity index (χ3n) is 10.7. The van der Waals surface area contributed by atoms with Crippen LogP contribution in [0, 0.1) is 35.0 Å². The van der Waals surface area contributed by atoms with E-state index in [1.165, 1.54) is 12.0 Å². The van der Waals surface area contributed by atoms with Crippen LogP contribution in [0.1, 0.15) is 71.9 Å². The molecule has 8 nitrogen and oxygen atoms in total. The maximum atomic E-state index is 13.9. The second kappa shape index (κ2) is 14.0. The zero-order valence-electron chi connectivity index (χ0n) is 27.4. The van der Waals surface area contributed by atoms with E-state index >= 15 is 0 Å². The van der Waals surface area contributed by atoms with Crippen LogP contribution in [0.2, 0.25) is 0 Å². The fourth-order valence-corrected chi connectivity index (χ4v) is 7.80. The van der Waals surface area contributed by atoms with E-state index in [9.17, 15) is 15.0 Å². The number of aliphatic hydroxyl groups excluding tert-OH is 2. The van der Waals surface area contributed by atoms with Crippen LogP contribution < -0.4 is 5.32 Å². The molecule has 1 aromatic rings. The van der Waals surface area contributed by atoms with E-state index in [0.717, 1.165) is 44.6 Å². The number of benzene rings is 1. The summed E-state index contributed by atoms with van der Waals surface area (Å²) in [6, 6.07) is 7.98. The summed E-state index contributed by atoms with van der Waals surface area (Å²) >= 11 is 0. The minimum absolute atomic E-state index is 0.104. The first-order valence-corrected chi connectivity index (χ1v) is 16.3. The van der Waals surface area contributed by atoms with Crippen molar-refractivity contribution in [3.05, 3.63) is 35.4 Å². The van der Waals surface area contributed by atoms with Gasteiger partial charge in [-0.25, -0.2) is 0 Å². The van der Waals surface area contributed by atoms with Gasteiger partial charge in [-0.05, 0) is 87.0 Å². The summed E-state index contributed by atoms with van der Waals surface area (Å²) in [5.41, 5.74) is 2.63. The number of aliphatic hydroxyl groups is 2. The van der Waals surface area contributed by atoms with Crippen molar-refractivity contribution in [3.63, 3.8) is 0 Å². The Labute approximate surface area is 254 Å². The average Bonchev–Trinajstić information content (AvgIpc) is 3.29. The predicted octanol–water partition coefficient (Wildman–Crippen LogP) is 3.76. The van der Waals surface area contributed by atoms with Gasteiger partial charge in [-0.2, -0.15) is 5.06 Å². The van der Waals surface area contributed by atoms with Gasteiger partial charge in [0.2, 0.25) is 5.91 Å². The first kappa shape index (κ1) is 33.3. The van der Waals surface area contributed by atoms with Crippen LogP contribution in [0.25, 0.3) is 0 Å². The molecule has 0 spiro atoms. The Morgan fingerprint density at radius 1 is 1.14 bits per heavy atom. The molecule has 42 heavy (non-hydrogen) atoms. The maximum Gasteiger partial charge on any atom is 0.240 e. The molecule has 8 heteroatoms. The number of rotatable bonds is 14. The number of amides is 1. The van der Waals surface area contributed by atoms with Crippen LogP contribution in [-0.2, 0) is 22.7 Å². The largest absolute Gasteiger partial charge is 0.394 e. The Kier molecular flexibility index (Phi) is 11.1. The lowest BCUT2D eigenvalue weighted by atomic mass is 9.45. The number of fused-ring (bicyclic) bond motifs is 2. The molecule has 4 fully saturated rings. The zero-order chi connectivity index (χ0) is 30.8. The number of carbonyl (C=O) groups excluding carboxylic acids is 1. The molecule has 1 aliphatic heterocycles. The van der Waals surface area contributed by atoms with Crippen LogP contribution in [0.5, 0.6) is 0 Å². The predicted molar refractivity (Wildman–Crippen MR) is 167 cm³/mol. The molecule has 3 N–H and O–H groups in total. The number of hydrogen-bond acceptors (Lipinski definition) is 7. The Balaban J connectivity index is 1.48. The van der Waals surface area contributed by atoms with E-state index in [-0.39, 0.29) is 18.6 Å². The second-order valence-corrected chi connectivity index (χ2v) is 14.8. The Morgan fingerprint density at radius 3 is 2.45 bits per heavy atom. The van der Waals surface area contributed by atoms with E-state index < -0.39 is 24.2 Å². The molecule has 5 rings (SSSR count). The molecule has 2 bridgehead atoms. The molecule has 2 unspecified atom stereocenters. The smallest absolute Gasteiger partial charge is 0.240 e. The Hall–Kier alpha value is -1.55. The van der Waals surface area contributed by atoms with Crippen molar-refractivity contribution >= 4 is 5.91 Å². The number of likely N-dealkylation sites (N-methyl/N-ethyl adjacent to an activating group) is 1. The van der Waals surface area contributed by atoms with Gasteiger partial charge in [-0.15, -0.1) is 0 Å². The normalized spacial score (nSPS) is 31.5. The Bertz CT molecular complexity index is 1020. The monoisotopic (exact) mass is 586 g/mol. The lowest BCUT2D eigenvalue weighted by molar-refractivity contribution is -0.183. The highest BCUT2D eigenvalue weighted by molar-refractivity contribution is 5.82. The van der Waals surface area contributed by atoms with Gasteiger partial charge in [0.25, 0.3) is 0 Å². The van der Waals surface area contributed by atoms with Crippen LogP contribution in [-0.4, -0.2) is 95.6 Å². The third kappa shape index (κ3) is 7.56. The van der Waals surface area contributed by atoms with Gasteiger partial charge in [0.05, 0.1) is 19.3 Å². The van der Waals surface area contributed by atoms with Crippen molar-refractivity contribution in [1.29, 1.82) is 0 Å². The molecule has 8 atom stereocenters. The van der Waals surface area contributed by atoms with E-state index in [1.807, 2.05) is 0 Å². The summed E-state index contributed by atoms with van der Waals surface area (Å²) in [4.78, 5) is 24.9. The molecule has 1 saturated heterocycles. The summed E-state index contributed by atoms with van der Waals surface area (Å²) in [7, 11) is 4.23. The van der Waals surface area contributed by atoms with Gasteiger partial charge < -0.3 is 20.4 Å². The summed E-state index contributed by atoms with van der Waals surface area (Å²) in [6.07, 6.45) is 1.99. The van der Waals surface area contributed by atoms with Crippen molar-refractivity contribution in [2.24, 2.45) is 35.0 Å². The van der Waals surface area contributed by atoms with E-state index in [2.05, 4.69) is 88.1 Å². The van der Waals surface area contributed by atoms with Crippen molar-refractivity contribution in [3.8, 4) is 0 Å². The quantitative estimate of drug-likeness (QED) is 0.306. The van der Waals surface area contributed by atoms with E-state index in [1.54, 1.807) is 12.0 Å². The number of nitrogens with one attached hydrogen (secondary N) is 1. The SMILES string of the molecule is CC(C)CCN(CCN(C)C)Cc1cccc(CN2O[C@@H](CO)[C@@H]([C@H](C)O)[C@H]2C(=O)N[C@H]2CC3CC([C@H]2C)C3(C)C)c1. The molecule has 0 radical (unpaired) electrons. The molecule has 1 aromatic carbocycles. The fourth-order valence-electron chi connectivity index (χ4n) is 7.80. The minimum atomic E-state index is -0.795. The van der Waals surface area contributed by atoms with Crippen LogP contribution in [0.4, 0.5) is 0 Å². The standard InChI is InChI=1S/C34H58N4O4/c1-22(2)12-13-37(15-14-36(7)8)19-25-10-9-11-26(16-25)20-38-32(31(24(4)40)30(21-39)42-38)33(41)35-29-18-27-17-28(23(29)3)34(27,5)6/h9-11,16,22-24,27-32,39-40H,12-15,17-21H2,1-8H3,(H,35,41)/t23-,24+,27?,28?,29+,30+,31-,32+/m1/s1. The lowest BCUT2D eigenvalue weighted by Crippen LogP contribution is -2.62. The topological polar surface area (TPSA) is 88.5 Å². The van der Waals surface area contributed by atoms with Gasteiger partial charge in [-0.1, -0.05) is 58.9 Å². The van der Waals surface area contributed by atoms with Crippen molar-refractivity contribution in [1.82, 2.24) is 20.2 Å². The highest BCUT2D eigenvalue weighted by Gasteiger charge is 2.57. The summed E-state index contributed by atoms with van der Waals surface area (Å²) in [5, 5.41) is 26.0. The molecule has 0 aromatic heterocycles. The number of nitrogens with zero attached hydrogens (tertiary/aromatic N) is 3. The van der Waals surface area contributed by atoms with Crippen molar-refractivity contribution in [2.75, 3.05) is 40.3 Å². The fraction of sp³-hybridized carbons (Fsp3) is 0.794. The summed E-state index contributed by atoms with van der Waals surface area (Å²) < 4.78 is 0. The van der Waals surface area contributed by atoms with Gasteiger partial charge in [0, 0.05) is 31.6 Å². The average molecular weight is 587 g/mol. The molecule has 3 aliphatic carbocycles. The summed E-state index contributed by atoms with van der Waals surface area (Å²) in [5.74, 6) is 1.71. The number of carbonyl (C=O) groups is 1. The lowest BCUT2D eigenvalue weighted by Gasteiger charge is -2.62. The highest BCUT2D eigenvalue weighted by Crippen LogP contribution is 2.61. The molecule has 4 aliphatic rings. The number of hydroxylamine groups is 2. The molecule has 238 valence electrons. The molecule has 1 heterocycles. The van der Waals surface area contributed by atoms with Gasteiger partial charge in [0.1, 0.15) is 12.1 Å². The van der Waals surface area contributed by atoms with Crippen molar-refractivity contribution in [2.45, 2.75) is 98.2 Å². The third-order valence-corrected chi connectivity index (χ3v) is 10.7. The van der Waals surface area contributed by atoms with Crippen molar-refractivity contribution < 1.29 is 19.8 Å². The molecular weight excluding hydrogens is 528 g/mol. The first-order chi connectivity index (χ1) is 19.8. The summed E-state index contributed by atoms with van der Waals surface area (Å²) in [6.45, 7) is 17.3. The van der Waals surface area contributed by atoms with Gasteiger partial charge >= 0.3 is 0 Å². The maximum absolute atomic E-state index is 13.9. The minimum Gasteiger partial charge on any atom is -0.394 e. The van der Waals surface area contributed by atoms with Crippen LogP contribution in [0.15, 0.2) is 24.3 Å². The number of hydrogen-bond donors (Lipinski definition) is 3. The van der Waals surface area contributed by atoms with Crippen LogP contribution in [0.3, 0.4) is 0 Å². The van der Waals surface area contributed by atoms with E-state index in [4.69, 9.17) is 4.84 Å². The molecule has 1 amide bonds. The van der Waals surface area contributed by atoms with Crippen LogP contribution >= 0.6 is 0 Å². The highest BCUT2D eigenvalue weighted by atomic mass is 16.7. The molecule has 3 saturated carbocycles. The van der Waals surface area contributed by atoms with E-state index in [0.29, 0.717) is 35.6 Å². The Morgan fingerprint density at radius 2 is 1.86 bits per heavy atom. The molecular formula is C34H58N4O4. The second-order valence-electron chi connectivity index (χ2n) is 14.8. The first-order valence-electron chi connectivity index (χ1n) is 16.3. The van der Waals surface area contributed by atoms with Gasteiger partial charge in [-0.3, -0.25) is 14.5 Å². The van der Waals surface area contributed by atoms with Gasteiger partial charge in [0.15, 0.2) is 0 Å². The zero-order valence-corrected chi connectivity index (χ0v) is 27.4.